The lowest BCUT2D eigenvalue weighted by Gasteiger charge is -2.50. The second kappa shape index (κ2) is 7.07. The van der Waals surface area contributed by atoms with E-state index in [1.165, 1.54) is 9.80 Å². The zero-order chi connectivity index (χ0) is 20.6. The van der Waals surface area contributed by atoms with Crippen molar-refractivity contribution in [2.45, 2.75) is 38.6 Å². The molecule has 1 atom stereocenters. The number of amides is 2. The lowest BCUT2D eigenvalue weighted by molar-refractivity contribution is -0.134. The molecule has 2 amide bonds. The summed E-state index contributed by atoms with van der Waals surface area (Å²) in [7, 11) is 0. The summed E-state index contributed by atoms with van der Waals surface area (Å²) < 4.78 is 25.8. The van der Waals surface area contributed by atoms with Gasteiger partial charge in [0.1, 0.15) is 12.2 Å². The summed E-state index contributed by atoms with van der Waals surface area (Å²) in [6.07, 6.45) is -0.999. The smallest absolute Gasteiger partial charge is 0.410 e. The van der Waals surface area contributed by atoms with Crippen LogP contribution >= 0.6 is 0 Å². The van der Waals surface area contributed by atoms with Crippen LogP contribution in [0.15, 0.2) is 30.3 Å². The first-order chi connectivity index (χ1) is 13.1. The van der Waals surface area contributed by atoms with Gasteiger partial charge in [-0.15, -0.1) is 0 Å². The number of hydrogen-bond acceptors (Lipinski definition) is 5. The fraction of sp³-hybridized carbons (Fsp3) is 0.550. The Labute approximate surface area is 163 Å². The molecule has 28 heavy (non-hydrogen) atoms. The average molecular weight is 392 g/mol. The minimum absolute atomic E-state index is 0.00909. The van der Waals surface area contributed by atoms with E-state index in [0.29, 0.717) is 0 Å². The number of carbonyl (C=O) groups excluding carboxylic acids is 3. The molecule has 0 N–H and O–H groups in total. The van der Waals surface area contributed by atoms with Crippen LogP contribution in [-0.4, -0.2) is 65.7 Å². The molecular weight excluding hydrogens is 367 g/mol. The predicted molar refractivity (Wildman–Crippen MR) is 98.3 cm³/mol. The topological polar surface area (TPSA) is 76.2 Å². The summed E-state index contributed by atoms with van der Waals surface area (Å²) in [4.78, 5) is 38.6. The molecule has 3 rings (SSSR count). The lowest BCUT2D eigenvalue weighted by Crippen LogP contribution is -2.67. The maximum Gasteiger partial charge on any atom is 0.410 e. The number of alkyl halides is 1. The largest absolute Gasteiger partial charge is 0.445 e. The normalized spacial score (nSPS) is 23.3. The van der Waals surface area contributed by atoms with Crippen LogP contribution in [-0.2, 0) is 20.9 Å². The van der Waals surface area contributed by atoms with Gasteiger partial charge < -0.3 is 19.3 Å². The third kappa shape index (κ3) is 3.81. The van der Waals surface area contributed by atoms with Crippen LogP contribution in [0.3, 0.4) is 0 Å². The molecule has 1 aromatic rings. The fourth-order valence-corrected chi connectivity index (χ4v) is 3.60. The Morgan fingerprint density at radius 1 is 1.07 bits per heavy atom. The molecule has 8 heteroatoms. The van der Waals surface area contributed by atoms with Crippen molar-refractivity contribution < 1.29 is 28.2 Å². The number of likely N-dealkylation sites (tertiary alicyclic amines) is 2. The molecule has 2 saturated heterocycles. The van der Waals surface area contributed by atoms with E-state index in [2.05, 4.69) is 0 Å². The highest BCUT2D eigenvalue weighted by atomic mass is 19.1. The van der Waals surface area contributed by atoms with Gasteiger partial charge in [-0.2, -0.15) is 0 Å². The maximum atomic E-state index is 15.3. The third-order valence-corrected chi connectivity index (χ3v) is 5.09. The van der Waals surface area contributed by atoms with Crippen molar-refractivity contribution in [3.05, 3.63) is 35.9 Å². The second-order valence-electron chi connectivity index (χ2n) is 8.49. The van der Waals surface area contributed by atoms with Gasteiger partial charge in [0.05, 0.1) is 12.0 Å². The Balaban J connectivity index is 1.62. The fourth-order valence-electron chi connectivity index (χ4n) is 3.60. The zero-order valence-corrected chi connectivity index (χ0v) is 16.3. The molecule has 2 aliphatic heterocycles. The van der Waals surface area contributed by atoms with E-state index in [-0.39, 0.29) is 39.1 Å². The summed E-state index contributed by atoms with van der Waals surface area (Å²) in [5.74, 6) is 0. The number of ether oxygens (including phenoxy) is 2. The first-order valence-corrected chi connectivity index (χ1v) is 9.16. The van der Waals surface area contributed by atoms with E-state index in [1.807, 2.05) is 30.3 Å². The average Bonchev–Trinajstić information content (AvgIpc) is 2.92. The van der Waals surface area contributed by atoms with Gasteiger partial charge in [0, 0.05) is 19.6 Å². The summed E-state index contributed by atoms with van der Waals surface area (Å²) in [6.45, 7) is 4.94. The van der Waals surface area contributed by atoms with E-state index >= 15 is 4.39 Å². The van der Waals surface area contributed by atoms with Crippen LogP contribution in [0.25, 0.3) is 0 Å². The number of carbonyl (C=O) groups is 3. The first-order valence-electron chi connectivity index (χ1n) is 9.16. The summed E-state index contributed by atoms with van der Waals surface area (Å²) in [6, 6.07) is 9.13. The second-order valence-corrected chi connectivity index (χ2v) is 8.49. The zero-order valence-electron chi connectivity index (χ0n) is 16.3. The predicted octanol–water partition coefficient (Wildman–Crippen LogP) is 2.78. The van der Waals surface area contributed by atoms with E-state index in [0.717, 1.165) is 5.56 Å². The molecule has 1 spiro atoms. The molecule has 1 aromatic carbocycles. The van der Waals surface area contributed by atoms with Gasteiger partial charge in [0.25, 0.3) is 0 Å². The van der Waals surface area contributed by atoms with Crippen LogP contribution in [0.5, 0.6) is 0 Å². The van der Waals surface area contributed by atoms with Gasteiger partial charge >= 0.3 is 12.2 Å². The summed E-state index contributed by atoms with van der Waals surface area (Å²) >= 11 is 0. The van der Waals surface area contributed by atoms with Crippen molar-refractivity contribution in [3.8, 4) is 0 Å². The van der Waals surface area contributed by atoms with Crippen LogP contribution < -0.4 is 0 Å². The van der Waals surface area contributed by atoms with Crippen LogP contribution in [0, 0.1) is 5.41 Å². The summed E-state index contributed by atoms with van der Waals surface area (Å²) in [5, 5.41) is 0. The first kappa shape index (κ1) is 20.1. The Bertz CT molecular complexity index is 758. The molecule has 152 valence electrons. The van der Waals surface area contributed by atoms with Crippen LogP contribution in [0.2, 0.25) is 0 Å². The minimum atomic E-state index is -2.22. The van der Waals surface area contributed by atoms with Crippen LogP contribution in [0.1, 0.15) is 26.3 Å². The number of aldehydes is 1. The molecular formula is C20H25FN2O5. The highest BCUT2D eigenvalue weighted by molar-refractivity contribution is 5.76. The lowest BCUT2D eigenvalue weighted by atomic mass is 9.70. The van der Waals surface area contributed by atoms with Gasteiger partial charge in [0.15, 0.2) is 12.0 Å². The van der Waals surface area contributed by atoms with Crippen LogP contribution in [0.4, 0.5) is 14.0 Å². The third-order valence-electron chi connectivity index (χ3n) is 5.09. The van der Waals surface area contributed by atoms with Crippen molar-refractivity contribution in [2.24, 2.45) is 5.41 Å². The van der Waals surface area contributed by atoms with Crippen molar-refractivity contribution in [1.29, 1.82) is 0 Å². The number of nitrogens with zero attached hydrogens (tertiary/aromatic N) is 2. The van der Waals surface area contributed by atoms with Crippen molar-refractivity contribution >= 4 is 18.5 Å². The molecule has 0 saturated carbocycles. The van der Waals surface area contributed by atoms with Crippen molar-refractivity contribution in [1.82, 2.24) is 9.80 Å². The SMILES string of the molecule is CC(C)(C)OC(=O)N1CC2(CN(C(=O)OCc3ccccc3)C[C@]2(F)C=O)C1. The maximum absolute atomic E-state index is 15.3. The quantitative estimate of drug-likeness (QED) is 0.740. The van der Waals surface area contributed by atoms with Gasteiger partial charge in [-0.3, -0.25) is 4.79 Å². The van der Waals surface area contributed by atoms with E-state index in [4.69, 9.17) is 9.47 Å². The highest BCUT2D eigenvalue weighted by Crippen LogP contribution is 2.48. The Morgan fingerprint density at radius 3 is 2.18 bits per heavy atom. The minimum Gasteiger partial charge on any atom is -0.445 e. The van der Waals surface area contributed by atoms with Gasteiger partial charge in [0.2, 0.25) is 0 Å². The number of hydrogen-bond donors (Lipinski definition) is 0. The monoisotopic (exact) mass is 392 g/mol. The van der Waals surface area contributed by atoms with Crippen molar-refractivity contribution in [3.63, 3.8) is 0 Å². The standard InChI is InChI=1S/C20H25FN2O5/c1-18(2,3)28-17(26)22-10-19(11-22)12-23(13-20(19,21)14-24)16(25)27-9-15-7-5-4-6-8-15/h4-8,14H,9-13H2,1-3H3/t20-/m0/s1. The van der Waals surface area contributed by atoms with Crippen molar-refractivity contribution in [2.75, 3.05) is 26.2 Å². The molecule has 0 aromatic heterocycles. The molecule has 2 heterocycles. The molecule has 0 radical (unpaired) electrons. The van der Waals surface area contributed by atoms with Gasteiger partial charge in [-0.1, -0.05) is 30.3 Å². The van der Waals surface area contributed by atoms with E-state index in [9.17, 15) is 14.4 Å². The number of halogens is 1. The molecule has 2 fully saturated rings. The molecule has 2 aliphatic rings. The van der Waals surface area contributed by atoms with Gasteiger partial charge in [-0.25, -0.2) is 14.0 Å². The summed E-state index contributed by atoms with van der Waals surface area (Å²) in [5.41, 5.74) is -3.21. The van der Waals surface area contributed by atoms with Gasteiger partial charge in [-0.05, 0) is 26.3 Å². The van der Waals surface area contributed by atoms with E-state index < -0.39 is 28.9 Å². The Morgan fingerprint density at radius 2 is 1.64 bits per heavy atom. The Hall–Kier alpha value is -2.64. The highest BCUT2D eigenvalue weighted by Gasteiger charge is 2.67. The molecule has 0 aliphatic carbocycles. The molecule has 0 bridgehead atoms. The molecule has 7 nitrogen and oxygen atoms in total. The number of benzene rings is 1. The van der Waals surface area contributed by atoms with E-state index in [1.54, 1.807) is 20.8 Å². The number of rotatable bonds is 3. The molecule has 0 unspecified atom stereocenters. The Kier molecular flexibility index (Phi) is 5.08.